The highest BCUT2D eigenvalue weighted by Gasteiger charge is 2.20. The fraction of sp³-hybridized carbons (Fsp3) is 0.278. The predicted octanol–water partition coefficient (Wildman–Crippen LogP) is 3.25. The minimum absolute atomic E-state index is 0.192. The predicted molar refractivity (Wildman–Crippen MR) is 87.9 cm³/mol. The molecule has 6 nitrogen and oxygen atoms in total. The Morgan fingerprint density at radius 2 is 2.12 bits per heavy atom. The fourth-order valence-electron chi connectivity index (χ4n) is 2.28. The summed E-state index contributed by atoms with van der Waals surface area (Å²) >= 11 is 0. The Morgan fingerprint density at radius 1 is 1.29 bits per heavy atom. The van der Waals surface area contributed by atoms with Gasteiger partial charge in [0.2, 0.25) is 5.88 Å². The molecule has 0 N–H and O–H groups in total. The van der Waals surface area contributed by atoms with Crippen LogP contribution in [0.25, 0.3) is 5.57 Å². The molecular weight excluding hydrogens is 308 g/mol. The molecule has 124 valence electrons. The molecule has 0 unspecified atom stereocenters. The molecule has 0 saturated heterocycles. The molecule has 0 amide bonds. The van der Waals surface area contributed by atoms with Crippen molar-refractivity contribution >= 4 is 11.5 Å². The van der Waals surface area contributed by atoms with Gasteiger partial charge in [-0.25, -0.2) is 9.78 Å². The Balaban J connectivity index is 1.96. The van der Waals surface area contributed by atoms with Gasteiger partial charge < -0.3 is 14.2 Å². The largest absolute Gasteiger partial charge is 0.462 e. The average Bonchev–Trinajstić information content (AvgIpc) is 2.63. The maximum Gasteiger partial charge on any atom is 0.345 e. The smallest absolute Gasteiger partial charge is 0.345 e. The number of hydrogen-bond acceptors (Lipinski definition) is 6. The van der Waals surface area contributed by atoms with Gasteiger partial charge in [0.05, 0.1) is 19.8 Å². The maximum atomic E-state index is 12.1. The number of rotatable bonds is 5. The number of carbonyl (C=O) groups is 1. The molecule has 2 aromatic rings. The molecule has 1 aliphatic heterocycles. The van der Waals surface area contributed by atoms with Crippen LogP contribution in [-0.4, -0.2) is 35.8 Å². The summed E-state index contributed by atoms with van der Waals surface area (Å²) in [6, 6.07) is 9.18. The minimum atomic E-state index is -0.504. The van der Waals surface area contributed by atoms with Crippen molar-refractivity contribution in [2.24, 2.45) is 0 Å². The third-order valence-corrected chi connectivity index (χ3v) is 3.46. The van der Waals surface area contributed by atoms with Crippen LogP contribution in [0.5, 0.6) is 11.6 Å². The molecule has 0 aliphatic carbocycles. The number of esters is 1. The molecule has 1 aromatic heterocycles. The van der Waals surface area contributed by atoms with Crippen LogP contribution in [0.1, 0.15) is 29.5 Å². The Labute approximate surface area is 140 Å². The van der Waals surface area contributed by atoms with E-state index in [1.807, 2.05) is 24.3 Å². The second kappa shape index (κ2) is 7.70. The monoisotopic (exact) mass is 326 g/mol. The lowest BCUT2D eigenvalue weighted by atomic mass is 10.1. The summed E-state index contributed by atoms with van der Waals surface area (Å²) in [5.41, 5.74) is 1.19. The molecule has 2 heterocycles. The fourth-order valence-corrected chi connectivity index (χ4v) is 2.28. The number of hydrogen-bond donors (Lipinski definition) is 0. The summed E-state index contributed by atoms with van der Waals surface area (Å²) in [6.45, 7) is 3.18. The molecule has 6 heteroatoms. The number of para-hydroxylation sites is 1. The van der Waals surface area contributed by atoms with Gasteiger partial charge in [-0.1, -0.05) is 24.3 Å². The van der Waals surface area contributed by atoms with Crippen LogP contribution >= 0.6 is 0 Å². The number of benzene rings is 1. The van der Waals surface area contributed by atoms with E-state index in [2.05, 4.69) is 9.97 Å². The third-order valence-electron chi connectivity index (χ3n) is 3.46. The van der Waals surface area contributed by atoms with Crippen LogP contribution in [0, 0.1) is 0 Å². The Bertz CT molecular complexity index is 744. The first-order valence-electron chi connectivity index (χ1n) is 7.82. The lowest BCUT2D eigenvalue weighted by molar-refractivity contribution is 0.0522. The summed E-state index contributed by atoms with van der Waals surface area (Å²) in [6.07, 6.45) is 4.12. The van der Waals surface area contributed by atoms with Gasteiger partial charge in [0.15, 0.2) is 5.82 Å². The van der Waals surface area contributed by atoms with Gasteiger partial charge in [-0.15, -0.1) is 0 Å². The number of aromatic nitrogens is 2. The summed E-state index contributed by atoms with van der Waals surface area (Å²) in [7, 11) is 0. The highest BCUT2D eigenvalue weighted by molar-refractivity contribution is 5.91. The van der Waals surface area contributed by atoms with Crippen molar-refractivity contribution in [2.75, 3.05) is 19.8 Å². The summed E-state index contributed by atoms with van der Waals surface area (Å²) in [5, 5.41) is 0. The van der Waals surface area contributed by atoms with Crippen LogP contribution in [-0.2, 0) is 9.47 Å². The van der Waals surface area contributed by atoms with Crippen molar-refractivity contribution in [1.29, 1.82) is 0 Å². The van der Waals surface area contributed by atoms with E-state index in [4.69, 9.17) is 14.2 Å². The normalized spacial score (nSPS) is 14.0. The van der Waals surface area contributed by atoms with Crippen molar-refractivity contribution in [1.82, 2.24) is 9.97 Å². The van der Waals surface area contributed by atoms with E-state index in [1.54, 1.807) is 19.1 Å². The SMILES string of the molecule is CCOC(=O)c1cnc(C2=CCOCC2)nc1Oc1ccccc1. The molecule has 1 aliphatic rings. The van der Waals surface area contributed by atoms with Gasteiger partial charge in [0.1, 0.15) is 11.3 Å². The van der Waals surface area contributed by atoms with Crippen LogP contribution in [0.15, 0.2) is 42.6 Å². The molecular formula is C18H18N2O4. The lowest BCUT2D eigenvalue weighted by Crippen LogP contribution is -2.11. The third kappa shape index (κ3) is 3.78. The van der Waals surface area contributed by atoms with E-state index in [-0.39, 0.29) is 18.1 Å². The second-order valence-corrected chi connectivity index (χ2v) is 5.10. The first kappa shape index (κ1) is 16.1. The van der Waals surface area contributed by atoms with Gasteiger partial charge in [-0.05, 0) is 31.1 Å². The highest BCUT2D eigenvalue weighted by Crippen LogP contribution is 2.26. The van der Waals surface area contributed by atoms with E-state index < -0.39 is 5.97 Å². The topological polar surface area (TPSA) is 70.5 Å². The number of carbonyl (C=O) groups excluding carboxylic acids is 1. The zero-order valence-electron chi connectivity index (χ0n) is 13.4. The number of nitrogens with zero attached hydrogens (tertiary/aromatic N) is 2. The van der Waals surface area contributed by atoms with Gasteiger partial charge in [-0.3, -0.25) is 0 Å². The lowest BCUT2D eigenvalue weighted by Gasteiger charge is -2.14. The van der Waals surface area contributed by atoms with E-state index in [0.29, 0.717) is 24.8 Å². The zero-order valence-corrected chi connectivity index (χ0v) is 13.4. The molecule has 0 fully saturated rings. The second-order valence-electron chi connectivity index (χ2n) is 5.10. The maximum absolute atomic E-state index is 12.1. The Kier molecular flexibility index (Phi) is 5.18. The van der Waals surface area contributed by atoms with Crippen LogP contribution in [0.2, 0.25) is 0 Å². The molecule has 0 spiro atoms. The molecule has 0 saturated carbocycles. The standard InChI is InChI=1S/C18H18N2O4/c1-2-23-18(21)15-12-19-16(13-8-10-22-11-9-13)20-17(15)24-14-6-4-3-5-7-14/h3-8,12H,2,9-11H2,1H3. The summed E-state index contributed by atoms with van der Waals surface area (Å²) in [4.78, 5) is 20.9. The van der Waals surface area contributed by atoms with Gasteiger partial charge >= 0.3 is 5.97 Å². The summed E-state index contributed by atoms with van der Waals surface area (Å²) in [5.74, 6) is 0.818. The van der Waals surface area contributed by atoms with Gasteiger partial charge in [0.25, 0.3) is 0 Å². The first-order chi connectivity index (χ1) is 11.8. The molecule has 0 atom stereocenters. The molecule has 24 heavy (non-hydrogen) atoms. The minimum Gasteiger partial charge on any atom is -0.462 e. The summed E-state index contributed by atoms with van der Waals surface area (Å²) < 4.78 is 16.2. The van der Waals surface area contributed by atoms with Gasteiger partial charge in [-0.2, -0.15) is 4.98 Å². The Morgan fingerprint density at radius 3 is 2.83 bits per heavy atom. The van der Waals surface area contributed by atoms with Crippen molar-refractivity contribution in [3.8, 4) is 11.6 Å². The molecule has 0 radical (unpaired) electrons. The molecule has 0 bridgehead atoms. The van der Waals surface area contributed by atoms with Gasteiger partial charge in [0, 0.05) is 6.20 Å². The quantitative estimate of drug-likeness (QED) is 0.786. The van der Waals surface area contributed by atoms with Crippen molar-refractivity contribution < 1.29 is 19.0 Å². The zero-order chi connectivity index (χ0) is 16.8. The molecule has 1 aromatic carbocycles. The average molecular weight is 326 g/mol. The van der Waals surface area contributed by atoms with Crippen LogP contribution < -0.4 is 4.74 Å². The van der Waals surface area contributed by atoms with Crippen molar-refractivity contribution in [2.45, 2.75) is 13.3 Å². The van der Waals surface area contributed by atoms with E-state index in [9.17, 15) is 4.79 Å². The van der Waals surface area contributed by atoms with E-state index in [1.165, 1.54) is 6.20 Å². The van der Waals surface area contributed by atoms with E-state index >= 15 is 0 Å². The van der Waals surface area contributed by atoms with Crippen LogP contribution in [0.4, 0.5) is 0 Å². The van der Waals surface area contributed by atoms with Crippen molar-refractivity contribution in [3.63, 3.8) is 0 Å². The molecule has 3 rings (SSSR count). The number of ether oxygens (including phenoxy) is 3. The van der Waals surface area contributed by atoms with Crippen molar-refractivity contribution in [3.05, 3.63) is 54.0 Å². The highest BCUT2D eigenvalue weighted by atomic mass is 16.5. The van der Waals surface area contributed by atoms with E-state index in [0.717, 1.165) is 12.0 Å². The van der Waals surface area contributed by atoms with Crippen LogP contribution in [0.3, 0.4) is 0 Å². The first-order valence-corrected chi connectivity index (χ1v) is 7.82. The Hall–Kier alpha value is -2.73.